The Kier molecular flexibility index (Phi) is 4.25. The molecule has 1 aromatic carbocycles. The van der Waals surface area contributed by atoms with Crippen LogP contribution in [0.25, 0.3) is 0 Å². The Labute approximate surface area is 154 Å². The summed E-state index contributed by atoms with van der Waals surface area (Å²) in [7, 11) is -3.69. The highest BCUT2D eigenvalue weighted by atomic mass is 32.2. The van der Waals surface area contributed by atoms with Crippen LogP contribution < -0.4 is 9.62 Å². The molecule has 1 aromatic rings. The molecular formula is C19H25FN2O3S. The molecule has 0 aromatic heterocycles. The summed E-state index contributed by atoms with van der Waals surface area (Å²) in [5, 5.41) is 3.17. The number of carbonyl (C=O) groups is 1. The summed E-state index contributed by atoms with van der Waals surface area (Å²) in [6.07, 6.45) is 7.86. The molecule has 1 amide bonds. The summed E-state index contributed by atoms with van der Waals surface area (Å²) in [6, 6.07) is 5.33. The highest BCUT2D eigenvalue weighted by Crippen LogP contribution is 2.55. The fraction of sp³-hybridized carbons (Fsp3) is 0.632. The second-order valence-corrected chi connectivity index (χ2v) is 10.4. The lowest BCUT2D eigenvalue weighted by atomic mass is 9.53. The van der Waals surface area contributed by atoms with Crippen molar-refractivity contribution in [2.45, 2.75) is 44.1 Å². The summed E-state index contributed by atoms with van der Waals surface area (Å²) in [5.74, 6) is 1.24. The number of halogens is 1. The van der Waals surface area contributed by atoms with Crippen molar-refractivity contribution in [2.24, 2.45) is 17.8 Å². The number of sulfonamides is 1. The molecule has 0 atom stereocenters. The van der Waals surface area contributed by atoms with Crippen molar-refractivity contribution in [3.63, 3.8) is 0 Å². The lowest BCUT2D eigenvalue weighted by molar-refractivity contribution is -0.125. The van der Waals surface area contributed by atoms with Crippen molar-refractivity contribution >= 4 is 21.6 Å². The van der Waals surface area contributed by atoms with Gasteiger partial charge in [-0.05, 0) is 74.5 Å². The second kappa shape index (κ2) is 6.22. The van der Waals surface area contributed by atoms with E-state index < -0.39 is 15.8 Å². The number of carbonyl (C=O) groups excluding carboxylic acids is 1. The van der Waals surface area contributed by atoms with Crippen LogP contribution >= 0.6 is 0 Å². The van der Waals surface area contributed by atoms with Gasteiger partial charge in [-0.1, -0.05) is 6.07 Å². The zero-order valence-electron chi connectivity index (χ0n) is 14.9. The Morgan fingerprint density at radius 1 is 1.19 bits per heavy atom. The summed E-state index contributed by atoms with van der Waals surface area (Å²) in [4.78, 5) is 12.7. The van der Waals surface area contributed by atoms with Gasteiger partial charge in [0.05, 0.1) is 11.9 Å². The van der Waals surface area contributed by atoms with Gasteiger partial charge in [0.2, 0.25) is 15.9 Å². The fourth-order valence-electron chi connectivity index (χ4n) is 5.76. The molecule has 4 bridgehead atoms. The fourth-order valence-corrected chi connectivity index (χ4v) is 6.61. The number of nitrogens with zero attached hydrogens (tertiary/aromatic N) is 1. The number of nitrogens with one attached hydrogen (secondary N) is 1. The zero-order chi connectivity index (χ0) is 18.5. The van der Waals surface area contributed by atoms with Crippen LogP contribution in [0.2, 0.25) is 0 Å². The number of hydrogen-bond donors (Lipinski definition) is 1. The quantitative estimate of drug-likeness (QED) is 0.854. The van der Waals surface area contributed by atoms with Gasteiger partial charge in [-0.2, -0.15) is 0 Å². The molecule has 4 aliphatic carbocycles. The number of rotatable bonds is 5. The van der Waals surface area contributed by atoms with Crippen LogP contribution in [-0.4, -0.2) is 32.7 Å². The first-order chi connectivity index (χ1) is 12.2. The predicted molar refractivity (Wildman–Crippen MR) is 97.6 cm³/mol. The molecule has 4 fully saturated rings. The summed E-state index contributed by atoms with van der Waals surface area (Å²) in [6.45, 7) is -0.315. The van der Waals surface area contributed by atoms with E-state index in [1.165, 1.54) is 37.5 Å². The topological polar surface area (TPSA) is 66.5 Å². The Hall–Kier alpha value is -1.63. The van der Waals surface area contributed by atoms with Crippen molar-refractivity contribution in [3.05, 3.63) is 30.1 Å². The van der Waals surface area contributed by atoms with Crippen LogP contribution in [0.3, 0.4) is 0 Å². The first-order valence-corrected chi connectivity index (χ1v) is 11.1. The molecule has 0 saturated heterocycles. The Bertz CT molecular complexity index is 789. The normalized spacial score (nSPS) is 32.5. The Balaban J connectivity index is 1.51. The molecule has 0 radical (unpaired) electrons. The minimum atomic E-state index is -3.69. The first-order valence-electron chi connectivity index (χ1n) is 9.27. The van der Waals surface area contributed by atoms with E-state index in [1.807, 2.05) is 0 Å². The summed E-state index contributed by atoms with van der Waals surface area (Å²) < 4.78 is 38.8. The summed E-state index contributed by atoms with van der Waals surface area (Å²) >= 11 is 0. The van der Waals surface area contributed by atoms with Crippen molar-refractivity contribution in [3.8, 4) is 0 Å². The molecule has 0 aliphatic heterocycles. The number of anilines is 1. The lowest BCUT2D eigenvalue weighted by Crippen LogP contribution is -2.61. The molecular weight excluding hydrogens is 355 g/mol. The van der Waals surface area contributed by atoms with Crippen molar-refractivity contribution in [2.75, 3.05) is 17.1 Å². The Morgan fingerprint density at radius 2 is 1.77 bits per heavy atom. The standard InChI is InChI=1S/C19H25FN2O3S/c1-26(24,25)22(17-4-2-3-16(20)8-17)12-18(23)21-19-9-13-5-14(10-19)7-15(6-13)11-19/h2-4,8,13-15H,5-7,9-12H2,1H3,(H,21,23). The van der Waals surface area contributed by atoms with E-state index in [-0.39, 0.29) is 23.7 Å². The van der Waals surface area contributed by atoms with E-state index in [4.69, 9.17) is 0 Å². The van der Waals surface area contributed by atoms with Crippen LogP contribution in [0.1, 0.15) is 38.5 Å². The zero-order valence-corrected chi connectivity index (χ0v) is 15.8. The third-order valence-electron chi connectivity index (χ3n) is 6.23. The predicted octanol–water partition coefficient (Wildman–Crippen LogP) is 2.68. The number of hydrogen-bond acceptors (Lipinski definition) is 3. The highest BCUT2D eigenvalue weighted by molar-refractivity contribution is 7.92. The van der Waals surface area contributed by atoms with Gasteiger partial charge in [-0.15, -0.1) is 0 Å². The van der Waals surface area contributed by atoms with Crippen LogP contribution in [0.15, 0.2) is 24.3 Å². The molecule has 0 spiro atoms. The van der Waals surface area contributed by atoms with E-state index in [0.717, 1.165) is 35.9 Å². The average Bonchev–Trinajstić information content (AvgIpc) is 2.49. The molecule has 4 aliphatic rings. The maximum absolute atomic E-state index is 13.5. The number of amides is 1. The van der Waals surface area contributed by atoms with Gasteiger partial charge >= 0.3 is 0 Å². The van der Waals surface area contributed by atoms with Gasteiger partial charge in [-0.3, -0.25) is 9.10 Å². The van der Waals surface area contributed by atoms with E-state index in [1.54, 1.807) is 0 Å². The van der Waals surface area contributed by atoms with E-state index in [9.17, 15) is 17.6 Å². The molecule has 1 N–H and O–H groups in total. The third kappa shape index (κ3) is 3.46. The number of benzene rings is 1. The SMILES string of the molecule is CS(=O)(=O)N(CC(=O)NC12CC3CC(CC(C3)C1)C2)c1cccc(F)c1. The molecule has 5 rings (SSSR count). The van der Waals surface area contributed by atoms with Crippen LogP contribution in [-0.2, 0) is 14.8 Å². The highest BCUT2D eigenvalue weighted by Gasteiger charge is 2.51. The monoisotopic (exact) mass is 380 g/mol. The largest absolute Gasteiger partial charge is 0.349 e. The van der Waals surface area contributed by atoms with Crippen molar-refractivity contribution in [1.29, 1.82) is 0 Å². The van der Waals surface area contributed by atoms with Crippen LogP contribution in [0, 0.1) is 23.6 Å². The molecule has 7 heteroatoms. The third-order valence-corrected chi connectivity index (χ3v) is 7.37. The lowest BCUT2D eigenvalue weighted by Gasteiger charge is -2.57. The average molecular weight is 380 g/mol. The molecule has 0 heterocycles. The molecule has 5 nitrogen and oxygen atoms in total. The van der Waals surface area contributed by atoms with Crippen LogP contribution in [0.4, 0.5) is 10.1 Å². The van der Waals surface area contributed by atoms with Gasteiger partial charge in [0.15, 0.2) is 0 Å². The minimum Gasteiger partial charge on any atom is -0.349 e. The van der Waals surface area contributed by atoms with Gasteiger partial charge < -0.3 is 5.32 Å². The van der Waals surface area contributed by atoms with Crippen LogP contribution in [0.5, 0.6) is 0 Å². The molecule has 0 unspecified atom stereocenters. The molecule has 4 saturated carbocycles. The molecule has 26 heavy (non-hydrogen) atoms. The van der Waals surface area contributed by atoms with Crippen molar-refractivity contribution in [1.82, 2.24) is 5.32 Å². The summed E-state index contributed by atoms with van der Waals surface area (Å²) in [5.41, 5.74) is 0.00453. The van der Waals surface area contributed by atoms with Gasteiger partial charge in [0.25, 0.3) is 0 Å². The maximum Gasteiger partial charge on any atom is 0.241 e. The van der Waals surface area contributed by atoms with E-state index in [0.29, 0.717) is 17.8 Å². The maximum atomic E-state index is 13.5. The van der Waals surface area contributed by atoms with Gasteiger partial charge in [0.1, 0.15) is 12.4 Å². The van der Waals surface area contributed by atoms with Gasteiger partial charge in [0, 0.05) is 5.54 Å². The van der Waals surface area contributed by atoms with Gasteiger partial charge in [-0.25, -0.2) is 12.8 Å². The van der Waals surface area contributed by atoms with E-state index in [2.05, 4.69) is 5.32 Å². The second-order valence-electron chi connectivity index (χ2n) is 8.50. The molecule has 142 valence electrons. The first kappa shape index (κ1) is 17.8. The minimum absolute atomic E-state index is 0.170. The smallest absolute Gasteiger partial charge is 0.241 e. The Morgan fingerprint density at radius 3 is 2.27 bits per heavy atom. The van der Waals surface area contributed by atoms with Crippen molar-refractivity contribution < 1.29 is 17.6 Å². The van der Waals surface area contributed by atoms with E-state index >= 15 is 0 Å².